The number of hydrogen-bond acceptors (Lipinski definition) is 2. The van der Waals surface area contributed by atoms with Gasteiger partial charge in [0.15, 0.2) is 9.84 Å². The van der Waals surface area contributed by atoms with E-state index in [1.807, 2.05) is 37.3 Å². The molecule has 0 saturated heterocycles. The van der Waals surface area contributed by atoms with E-state index in [-0.39, 0.29) is 0 Å². The van der Waals surface area contributed by atoms with Gasteiger partial charge in [-0.15, -0.1) is 0 Å². The van der Waals surface area contributed by atoms with Gasteiger partial charge in [-0.2, -0.15) is 0 Å². The highest BCUT2D eigenvalue weighted by Crippen LogP contribution is 2.27. The lowest BCUT2D eigenvalue weighted by molar-refractivity contribution is -0.367. The van der Waals surface area contributed by atoms with Crippen molar-refractivity contribution >= 4 is 9.84 Å². The van der Waals surface area contributed by atoms with Crippen LogP contribution in [0.15, 0.2) is 59.5 Å². The van der Waals surface area contributed by atoms with Gasteiger partial charge in [0.05, 0.1) is 11.4 Å². The second-order valence-electron chi connectivity index (χ2n) is 4.55. The van der Waals surface area contributed by atoms with Crippen molar-refractivity contribution in [1.29, 1.82) is 0 Å². The number of aryl methyl sites for hydroxylation is 1. The lowest BCUT2D eigenvalue weighted by Gasteiger charge is -2.15. The van der Waals surface area contributed by atoms with Crippen molar-refractivity contribution in [3.05, 3.63) is 65.7 Å². The van der Waals surface area contributed by atoms with Crippen LogP contribution in [-0.4, -0.2) is 15.0 Å². The van der Waals surface area contributed by atoms with Gasteiger partial charge in [-0.3, -0.25) is 0 Å². The Morgan fingerprint density at radius 2 is 1.58 bits per heavy atom. The van der Waals surface area contributed by atoms with E-state index < -0.39 is 15.1 Å². The zero-order valence-electron chi connectivity index (χ0n) is 10.9. The first-order chi connectivity index (χ1) is 9.05. The smallest absolute Gasteiger partial charge is 0.190 e. The molecule has 19 heavy (non-hydrogen) atoms. The quantitative estimate of drug-likeness (QED) is 0.924. The SMILES string of the molecule is Cc1ccc([C@@H](C[NH3+])S(=O)(=O)c2ccccc2)cc1. The van der Waals surface area contributed by atoms with Crippen molar-refractivity contribution in [2.24, 2.45) is 0 Å². The average Bonchev–Trinajstić information content (AvgIpc) is 2.42. The minimum atomic E-state index is -3.38. The van der Waals surface area contributed by atoms with Crippen LogP contribution in [0.1, 0.15) is 16.4 Å². The Kier molecular flexibility index (Phi) is 4.02. The van der Waals surface area contributed by atoms with Crippen LogP contribution in [0.4, 0.5) is 0 Å². The standard InChI is InChI=1S/C15H17NO2S/c1-12-7-9-13(10-8-12)15(11-16)19(17,18)14-5-3-2-4-6-14/h2-10,15H,11,16H2,1H3/p+1/t15-/m1/s1. The second kappa shape index (κ2) is 5.55. The number of sulfone groups is 1. The van der Waals surface area contributed by atoms with Crippen LogP contribution in [0, 0.1) is 6.92 Å². The lowest BCUT2D eigenvalue weighted by Crippen LogP contribution is -2.54. The summed E-state index contributed by atoms with van der Waals surface area (Å²) in [5.74, 6) is 0. The van der Waals surface area contributed by atoms with Crippen LogP contribution < -0.4 is 5.73 Å². The third-order valence-corrected chi connectivity index (χ3v) is 5.34. The first kappa shape index (κ1) is 13.8. The molecule has 2 aromatic rings. The Hall–Kier alpha value is -1.65. The molecule has 0 bridgehead atoms. The lowest BCUT2D eigenvalue weighted by atomic mass is 10.1. The highest BCUT2D eigenvalue weighted by atomic mass is 32.2. The van der Waals surface area contributed by atoms with Crippen LogP contribution in [0.5, 0.6) is 0 Å². The van der Waals surface area contributed by atoms with E-state index in [0.717, 1.165) is 11.1 Å². The molecule has 0 radical (unpaired) electrons. The highest BCUT2D eigenvalue weighted by Gasteiger charge is 2.29. The molecule has 0 unspecified atom stereocenters. The molecular weight excluding hydrogens is 258 g/mol. The minimum Gasteiger partial charge on any atom is -0.356 e. The Bertz CT molecular complexity index is 634. The fourth-order valence-electron chi connectivity index (χ4n) is 2.06. The van der Waals surface area contributed by atoms with Crippen molar-refractivity contribution in [2.75, 3.05) is 6.54 Å². The van der Waals surface area contributed by atoms with Gasteiger partial charge >= 0.3 is 0 Å². The van der Waals surface area contributed by atoms with E-state index in [1.54, 1.807) is 24.3 Å². The summed E-state index contributed by atoms with van der Waals surface area (Å²) in [6.45, 7) is 2.30. The maximum absolute atomic E-state index is 12.6. The molecule has 2 aromatic carbocycles. The van der Waals surface area contributed by atoms with Gasteiger partial charge in [0.1, 0.15) is 5.25 Å². The Morgan fingerprint density at radius 3 is 2.11 bits per heavy atom. The topological polar surface area (TPSA) is 61.8 Å². The molecule has 3 N–H and O–H groups in total. The second-order valence-corrected chi connectivity index (χ2v) is 6.68. The monoisotopic (exact) mass is 276 g/mol. The fourth-order valence-corrected chi connectivity index (χ4v) is 3.75. The maximum atomic E-state index is 12.6. The van der Waals surface area contributed by atoms with Crippen LogP contribution >= 0.6 is 0 Å². The van der Waals surface area contributed by atoms with E-state index >= 15 is 0 Å². The molecule has 4 heteroatoms. The Labute approximate surface area is 114 Å². The molecular formula is C15H18NO2S+. The maximum Gasteiger partial charge on any atom is 0.190 e. The molecule has 0 heterocycles. The summed E-state index contributed by atoms with van der Waals surface area (Å²) in [5, 5.41) is -0.588. The number of benzene rings is 2. The predicted molar refractivity (Wildman–Crippen MR) is 75.3 cm³/mol. The largest absolute Gasteiger partial charge is 0.356 e. The zero-order chi connectivity index (χ0) is 13.9. The van der Waals surface area contributed by atoms with E-state index in [1.165, 1.54) is 0 Å². The molecule has 0 aliphatic heterocycles. The van der Waals surface area contributed by atoms with E-state index in [9.17, 15) is 8.42 Å². The van der Waals surface area contributed by atoms with Crippen LogP contribution in [0.3, 0.4) is 0 Å². The molecule has 0 aliphatic carbocycles. The van der Waals surface area contributed by atoms with Gasteiger partial charge < -0.3 is 5.73 Å². The van der Waals surface area contributed by atoms with Crippen LogP contribution in [0.25, 0.3) is 0 Å². The molecule has 2 rings (SSSR count). The van der Waals surface area contributed by atoms with Crippen molar-refractivity contribution in [3.8, 4) is 0 Å². The van der Waals surface area contributed by atoms with Crippen molar-refractivity contribution in [1.82, 2.24) is 0 Å². The van der Waals surface area contributed by atoms with E-state index in [2.05, 4.69) is 5.73 Å². The van der Waals surface area contributed by atoms with Gasteiger partial charge in [0.25, 0.3) is 0 Å². The molecule has 100 valence electrons. The molecule has 3 nitrogen and oxygen atoms in total. The summed E-state index contributed by atoms with van der Waals surface area (Å²) in [6.07, 6.45) is 0. The Morgan fingerprint density at radius 1 is 1.00 bits per heavy atom. The predicted octanol–water partition coefficient (Wildman–Crippen LogP) is 1.75. The van der Waals surface area contributed by atoms with Gasteiger partial charge in [-0.25, -0.2) is 8.42 Å². The summed E-state index contributed by atoms with van der Waals surface area (Å²) < 4.78 is 25.2. The number of rotatable bonds is 4. The number of hydrogen-bond donors (Lipinski definition) is 1. The van der Waals surface area contributed by atoms with Crippen molar-refractivity contribution in [3.63, 3.8) is 0 Å². The molecule has 0 spiro atoms. The first-order valence-corrected chi connectivity index (χ1v) is 7.75. The number of quaternary nitrogens is 1. The van der Waals surface area contributed by atoms with Crippen molar-refractivity contribution < 1.29 is 14.2 Å². The summed E-state index contributed by atoms with van der Waals surface area (Å²) in [5.41, 5.74) is 5.71. The zero-order valence-corrected chi connectivity index (χ0v) is 11.7. The van der Waals surface area contributed by atoms with Gasteiger partial charge in [0, 0.05) is 0 Å². The summed E-state index contributed by atoms with van der Waals surface area (Å²) in [4.78, 5) is 0.351. The minimum absolute atomic E-state index is 0.320. The van der Waals surface area contributed by atoms with Gasteiger partial charge in [-0.05, 0) is 24.6 Å². The van der Waals surface area contributed by atoms with Crippen LogP contribution in [-0.2, 0) is 9.84 Å². The van der Waals surface area contributed by atoms with E-state index in [0.29, 0.717) is 11.4 Å². The third-order valence-electron chi connectivity index (χ3n) is 3.16. The van der Waals surface area contributed by atoms with E-state index in [4.69, 9.17) is 0 Å². The molecule has 0 amide bonds. The fraction of sp³-hybridized carbons (Fsp3) is 0.200. The van der Waals surface area contributed by atoms with Gasteiger partial charge in [0.2, 0.25) is 0 Å². The summed E-state index contributed by atoms with van der Waals surface area (Å²) >= 11 is 0. The molecule has 0 saturated carbocycles. The Balaban J connectivity index is 2.45. The molecule has 0 fully saturated rings. The third kappa shape index (κ3) is 2.85. The molecule has 0 aromatic heterocycles. The molecule has 1 atom stereocenters. The summed E-state index contributed by atoms with van der Waals surface area (Å²) in [7, 11) is -3.38. The average molecular weight is 276 g/mol. The van der Waals surface area contributed by atoms with Crippen molar-refractivity contribution in [2.45, 2.75) is 17.1 Å². The van der Waals surface area contributed by atoms with Gasteiger partial charge in [-0.1, -0.05) is 48.0 Å². The first-order valence-electron chi connectivity index (χ1n) is 6.20. The summed E-state index contributed by atoms with van der Waals surface area (Å²) in [6, 6.07) is 16.1. The molecule has 0 aliphatic rings. The normalized spacial score (nSPS) is 13.2. The highest BCUT2D eigenvalue weighted by molar-refractivity contribution is 7.91. The van der Waals surface area contributed by atoms with Crippen LogP contribution in [0.2, 0.25) is 0 Å².